The topological polar surface area (TPSA) is 98.8 Å². The van der Waals surface area contributed by atoms with Gasteiger partial charge in [-0.05, 0) is 63.1 Å². The van der Waals surface area contributed by atoms with Gasteiger partial charge in [-0.1, -0.05) is 73.9 Å². The fraction of sp³-hybridized carbons (Fsp3) is 0.286. The molecule has 12 heteroatoms. The van der Waals surface area contributed by atoms with Gasteiger partial charge >= 0.3 is 0 Å². The average Bonchev–Trinajstić information content (AvgIpc) is 3.41. The van der Waals surface area contributed by atoms with E-state index in [4.69, 9.17) is 24.4 Å². The summed E-state index contributed by atoms with van der Waals surface area (Å²) in [6, 6.07) is 13.3. The van der Waals surface area contributed by atoms with Crippen molar-refractivity contribution in [2.45, 2.75) is 52.6 Å². The number of anilines is 2. The molecular weight excluding hydrogens is 585 g/mol. The summed E-state index contributed by atoms with van der Waals surface area (Å²) in [5.41, 5.74) is 1.67. The molecule has 2 aromatic rings. The summed E-state index contributed by atoms with van der Waals surface area (Å²) < 4.78 is 0.488. The molecule has 2 aromatic carbocycles. The van der Waals surface area contributed by atoms with Crippen LogP contribution in [0.25, 0.3) is 0 Å². The van der Waals surface area contributed by atoms with Gasteiger partial charge in [-0.25, -0.2) is 0 Å². The third kappa shape index (κ3) is 6.14. The molecule has 0 spiro atoms. The zero-order valence-electron chi connectivity index (χ0n) is 22.3. The summed E-state index contributed by atoms with van der Waals surface area (Å²) >= 11 is 13.1. The van der Waals surface area contributed by atoms with Crippen LogP contribution in [-0.2, 0) is 9.59 Å². The normalized spacial score (nSPS) is 18.8. The summed E-state index contributed by atoms with van der Waals surface area (Å²) in [6.07, 6.45) is 1.57. The molecule has 0 saturated carbocycles. The minimum absolute atomic E-state index is 0.00436. The Kier molecular flexibility index (Phi) is 9.44. The molecule has 0 aromatic heterocycles. The van der Waals surface area contributed by atoms with Gasteiger partial charge in [0, 0.05) is 23.2 Å². The number of hydrogen-bond acceptors (Lipinski definition) is 8. The van der Waals surface area contributed by atoms with Gasteiger partial charge in [0.15, 0.2) is 8.64 Å². The van der Waals surface area contributed by atoms with E-state index in [0.29, 0.717) is 22.5 Å². The van der Waals surface area contributed by atoms with Crippen LogP contribution < -0.4 is 20.4 Å². The highest BCUT2D eigenvalue weighted by Crippen LogP contribution is 2.44. The number of nitrogens with zero attached hydrogens (tertiary/aromatic N) is 2. The van der Waals surface area contributed by atoms with Crippen LogP contribution in [-0.4, -0.2) is 44.4 Å². The first-order valence-corrected chi connectivity index (χ1v) is 15.2. The van der Waals surface area contributed by atoms with Gasteiger partial charge in [-0.3, -0.25) is 29.0 Å². The van der Waals surface area contributed by atoms with Gasteiger partial charge in [0.2, 0.25) is 0 Å². The highest BCUT2D eigenvalue weighted by Gasteiger charge is 2.43. The van der Waals surface area contributed by atoms with Crippen LogP contribution in [0.2, 0.25) is 0 Å². The molecule has 0 bridgehead atoms. The Hall–Kier alpha value is -3.06. The summed E-state index contributed by atoms with van der Waals surface area (Å²) in [6.45, 7) is 7.78. The maximum atomic E-state index is 13.6. The predicted molar refractivity (Wildman–Crippen MR) is 170 cm³/mol. The molecule has 2 heterocycles. The number of thiocarbonyl (C=S) groups is 2. The molecule has 8 nitrogen and oxygen atoms in total. The van der Waals surface area contributed by atoms with Gasteiger partial charge in [0.05, 0.1) is 21.2 Å². The third-order valence-corrected chi connectivity index (χ3v) is 9.33. The Morgan fingerprint density at radius 2 is 1.12 bits per heavy atom. The predicted octanol–water partition coefficient (Wildman–Crippen LogP) is 5.38. The lowest BCUT2D eigenvalue weighted by molar-refractivity contribution is -0.115. The molecule has 208 valence electrons. The van der Waals surface area contributed by atoms with E-state index in [1.807, 2.05) is 27.7 Å². The smallest absolute Gasteiger partial charge is 0.272 e. The average molecular weight is 613 g/mol. The van der Waals surface area contributed by atoms with E-state index in [-0.39, 0.29) is 42.3 Å². The lowest BCUT2D eigenvalue weighted by Gasteiger charge is -2.17. The lowest BCUT2D eigenvalue weighted by Crippen LogP contribution is -2.33. The van der Waals surface area contributed by atoms with Crippen molar-refractivity contribution >= 4 is 91.6 Å². The second-order valence-electron chi connectivity index (χ2n) is 9.34. The number of carbonyl (C=O) groups is 4. The molecule has 4 rings (SSSR count). The molecule has 2 aliphatic heterocycles. The first kappa shape index (κ1) is 29.9. The van der Waals surface area contributed by atoms with Gasteiger partial charge < -0.3 is 10.6 Å². The highest BCUT2D eigenvalue weighted by molar-refractivity contribution is 8.30. The minimum Gasteiger partial charge on any atom is -0.350 e. The molecule has 0 aliphatic carbocycles. The number of rotatable bonds is 8. The second-order valence-corrected chi connectivity index (χ2v) is 12.6. The van der Waals surface area contributed by atoms with E-state index in [2.05, 4.69) is 10.6 Å². The Morgan fingerprint density at radius 1 is 0.750 bits per heavy atom. The fourth-order valence-electron chi connectivity index (χ4n) is 3.85. The number of carbonyl (C=O) groups excluding carboxylic acids is 4. The largest absolute Gasteiger partial charge is 0.350 e. The zero-order chi connectivity index (χ0) is 29.1. The van der Waals surface area contributed by atoms with E-state index in [1.165, 1.54) is 9.80 Å². The Labute approximate surface area is 252 Å². The number of thioether (sulfide) groups is 2. The Balaban J connectivity index is 1.60. The van der Waals surface area contributed by atoms with Crippen molar-refractivity contribution in [3.63, 3.8) is 0 Å². The minimum atomic E-state index is -0.461. The molecule has 2 fully saturated rings. The van der Waals surface area contributed by atoms with E-state index in [0.717, 1.165) is 36.4 Å². The molecule has 2 saturated heterocycles. The highest BCUT2D eigenvalue weighted by atomic mass is 32.2. The number of hydrogen-bond donors (Lipinski definition) is 2. The lowest BCUT2D eigenvalue weighted by atomic mass is 10.1. The van der Waals surface area contributed by atoms with Crippen LogP contribution in [0.15, 0.2) is 58.3 Å². The van der Waals surface area contributed by atoms with Crippen molar-refractivity contribution in [1.82, 2.24) is 10.6 Å². The van der Waals surface area contributed by atoms with Crippen LogP contribution in [0, 0.1) is 0 Å². The summed E-state index contributed by atoms with van der Waals surface area (Å²) in [5, 5.41) is 5.82. The zero-order valence-corrected chi connectivity index (χ0v) is 25.6. The first-order valence-electron chi connectivity index (χ1n) is 12.7. The van der Waals surface area contributed by atoms with Crippen molar-refractivity contribution in [3.8, 4) is 0 Å². The van der Waals surface area contributed by atoms with Crippen molar-refractivity contribution in [2.75, 3.05) is 9.80 Å². The number of benzene rings is 2. The molecule has 2 N–H and O–H groups in total. The molecule has 0 radical (unpaired) electrons. The summed E-state index contributed by atoms with van der Waals surface area (Å²) in [4.78, 5) is 55.4. The molecular formula is C28H28N4O4S4. The van der Waals surface area contributed by atoms with E-state index in [9.17, 15) is 19.2 Å². The molecule has 2 aliphatic rings. The van der Waals surface area contributed by atoms with Gasteiger partial charge in [-0.15, -0.1) is 0 Å². The van der Waals surface area contributed by atoms with Gasteiger partial charge in [0.25, 0.3) is 23.6 Å². The van der Waals surface area contributed by atoms with Crippen LogP contribution in [0.4, 0.5) is 11.4 Å². The van der Waals surface area contributed by atoms with Gasteiger partial charge in [0.1, 0.15) is 0 Å². The third-order valence-electron chi connectivity index (χ3n) is 6.46. The fourth-order valence-corrected chi connectivity index (χ4v) is 6.60. The standard InChI is InChI=1S/C28H28N4O4S4/c1-5-15(3)29-23(33)17-9-7-11-19(13-17)31-25(35)21(39-27(31)37)22-26(36)32(28(38)40-22)20-12-8-10-18(14-20)24(34)30-16(4)6-2/h7-16H,5-6H2,1-4H3,(H,29,33)(H,30,34). The summed E-state index contributed by atoms with van der Waals surface area (Å²) in [7, 11) is 0. The van der Waals surface area contributed by atoms with E-state index in [1.54, 1.807) is 48.5 Å². The van der Waals surface area contributed by atoms with Crippen LogP contribution >= 0.6 is 48.0 Å². The second kappa shape index (κ2) is 12.6. The maximum Gasteiger partial charge on any atom is 0.272 e. The van der Waals surface area contributed by atoms with Crippen molar-refractivity contribution in [1.29, 1.82) is 0 Å². The van der Waals surface area contributed by atoms with Crippen LogP contribution in [0.5, 0.6) is 0 Å². The van der Waals surface area contributed by atoms with Crippen LogP contribution in [0.3, 0.4) is 0 Å². The quantitative estimate of drug-likeness (QED) is 0.303. The number of nitrogens with one attached hydrogen (secondary N) is 2. The van der Waals surface area contributed by atoms with E-state index < -0.39 is 11.8 Å². The van der Waals surface area contributed by atoms with Crippen molar-refractivity contribution in [2.24, 2.45) is 0 Å². The van der Waals surface area contributed by atoms with Crippen LogP contribution in [0.1, 0.15) is 61.3 Å². The molecule has 40 heavy (non-hydrogen) atoms. The monoisotopic (exact) mass is 612 g/mol. The Morgan fingerprint density at radius 3 is 1.48 bits per heavy atom. The Bertz CT molecular complexity index is 1350. The van der Waals surface area contributed by atoms with Gasteiger partial charge in [-0.2, -0.15) is 0 Å². The summed E-state index contributed by atoms with van der Waals surface area (Å²) in [5.74, 6) is -1.42. The van der Waals surface area contributed by atoms with E-state index >= 15 is 0 Å². The maximum absolute atomic E-state index is 13.6. The number of amides is 4. The SMILES string of the molecule is CCC(C)NC(=O)c1cccc(N2C(=O)C(=C3SC(=S)N(c4cccc(C(=O)NC(C)CC)c4)C3=O)SC2=S)c1. The molecule has 2 unspecified atom stereocenters. The molecule has 4 amide bonds. The molecule has 2 atom stereocenters. The first-order chi connectivity index (χ1) is 19.0. The van der Waals surface area contributed by atoms with Crippen molar-refractivity contribution < 1.29 is 19.2 Å². The van der Waals surface area contributed by atoms with Crippen molar-refractivity contribution in [3.05, 3.63) is 69.5 Å².